The first-order valence-corrected chi connectivity index (χ1v) is 12.1. The van der Waals surface area contributed by atoms with E-state index in [4.69, 9.17) is 10.5 Å². The summed E-state index contributed by atoms with van der Waals surface area (Å²) in [5.41, 5.74) is 5.37. The molecule has 8 nitrogen and oxygen atoms in total. The molecule has 1 aromatic carbocycles. The smallest absolute Gasteiger partial charge is 0.408 e. The number of pyridine rings is 2. The number of likely N-dealkylation sites (tertiary alicyclic amines) is 1. The minimum absolute atomic E-state index is 0. The van der Waals surface area contributed by atoms with E-state index in [0.29, 0.717) is 28.7 Å². The van der Waals surface area contributed by atoms with Crippen molar-refractivity contribution in [3.8, 4) is 17.3 Å². The summed E-state index contributed by atoms with van der Waals surface area (Å²) in [6.45, 7) is 5.03. The third-order valence-electron chi connectivity index (χ3n) is 6.50. The van der Waals surface area contributed by atoms with Crippen molar-refractivity contribution in [2.45, 2.75) is 50.6 Å². The Labute approximate surface area is 240 Å². The maximum absolute atomic E-state index is 14.5. The van der Waals surface area contributed by atoms with Crippen LogP contribution in [0.5, 0.6) is 5.75 Å². The normalized spacial score (nSPS) is 18.9. The van der Waals surface area contributed by atoms with Crippen LogP contribution in [-0.2, 0) is 0 Å². The second-order valence-electron chi connectivity index (χ2n) is 10.8. The largest absolute Gasteiger partial charge is 0.487 e. The summed E-state index contributed by atoms with van der Waals surface area (Å²) in [7, 11) is 0. The molecule has 1 fully saturated rings. The standard InChI is InChI=1S/C26H28F4N6O2.2ClH/c1-24(2,37)14-38-20-11-19-15(10-17(20)27)4-6-18(32-19)23-34-33-21-7-5-16(12-36(21)23)22(26(28,29)30)35-9-8-25(3,31)13-35;;/h4-7,10-12,22,37H,8-9,13-14,31H2,1-3H3;2*1H/t22-,25?;;/m0../s1. The molecule has 0 spiro atoms. The van der Waals surface area contributed by atoms with Gasteiger partial charge in [0, 0.05) is 36.3 Å². The van der Waals surface area contributed by atoms with E-state index in [-0.39, 0.29) is 61.6 Å². The second kappa shape index (κ2) is 11.2. The Bertz CT molecular complexity index is 1510. The van der Waals surface area contributed by atoms with Crippen LogP contribution in [-0.4, -0.2) is 66.6 Å². The first-order chi connectivity index (χ1) is 17.7. The van der Waals surface area contributed by atoms with Crippen LogP contribution < -0.4 is 10.5 Å². The molecule has 1 unspecified atom stereocenters. The van der Waals surface area contributed by atoms with E-state index in [1.54, 1.807) is 19.1 Å². The Balaban J connectivity index is 0.00000220. The number of hydrogen-bond donors (Lipinski definition) is 2. The van der Waals surface area contributed by atoms with Crippen molar-refractivity contribution in [2.75, 3.05) is 19.7 Å². The number of ether oxygens (including phenoxy) is 1. The molecule has 4 heterocycles. The van der Waals surface area contributed by atoms with Crippen molar-refractivity contribution in [2.24, 2.45) is 5.73 Å². The lowest BCUT2D eigenvalue weighted by atomic mass is 10.0. The predicted octanol–water partition coefficient (Wildman–Crippen LogP) is 5.10. The molecule has 40 heavy (non-hydrogen) atoms. The molecule has 218 valence electrons. The summed E-state index contributed by atoms with van der Waals surface area (Å²) in [6, 6.07) is 6.96. The number of benzene rings is 1. The van der Waals surface area contributed by atoms with Crippen molar-refractivity contribution in [1.82, 2.24) is 24.5 Å². The van der Waals surface area contributed by atoms with Crippen LogP contribution in [0, 0.1) is 5.82 Å². The lowest BCUT2D eigenvalue weighted by Gasteiger charge is -2.31. The van der Waals surface area contributed by atoms with Crippen LogP contribution in [0.3, 0.4) is 0 Å². The van der Waals surface area contributed by atoms with Gasteiger partial charge in [0.2, 0.25) is 0 Å². The lowest BCUT2D eigenvalue weighted by molar-refractivity contribution is -0.184. The zero-order valence-corrected chi connectivity index (χ0v) is 23.6. The van der Waals surface area contributed by atoms with E-state index in [1.807, 2.05) is 0 Å². The maximum Gasteiger partial charge on any atom is 0.408 e. The topological polar surface area (TPSA) is 102 Å². The van der Waals surface area contributed by atoms with Gasteiger partial charge in [0.15, 0.2) is 23.0 Å². The Kier molecular flexibility index (Phi) is 8.93. The first-order valence-electron chi connectivity index (χ1n) is 12.1. The fraction of sp³-hybridized carbons (Fsp3) is 0.423. The minimum atomic E-state index is -4.52. The molecule has 1 aliphatic rings. The van der Waals surface area contributed by atoms with Gasteiger partial charge >= 0.3 is 6.18 Å². The lowest BCUT2D eigenvalue weighted by Crippen LogP contribution is -2.43. The number of hydrogen-bond acceptors (Lipinski definition) is 7. The zero-order valence-electron chi connectivity index (χ0n) is 21.9. The first kappa shape index (κ1) is 31.8. The van der Waals surface area contributed by atoms with Gasteiger partial charge in [-0.3, -0.25) is 9.30 Å². The van der Waals surface area contributed by atoms with E-state index in [2.05, 4.69) is 15.2 Å². The highest BCUT2D eigenvalue weighted by atomic mass is 35.5. The summed E-state index contributed by atoms with van der Waals surface area (Å²) in [5, 5.41) is 18.6. The Morgan fingerprint density at radius 2 is 1.85 bits per heavy atom. The van der Waals surface area contributed by atoms with Gasteiger partial charge in [0.1, 0.15) is 18.3 Å². The summed E-state index contributed by atoms with van der Waals surface area (Å²) in [6.07, 6.45) is -2.68. The van der Waals surface area contributed by atoms with Crippen molar-refractivity contribution in [1.29, 1.82) is 0 Å². The van der Waals surface area contributed by atoms with Gasteiger partial charge in [-0.05, 0) is 51.0 Å². The van der Waals surface area contributed by atoms with E-state index >= 15 is 0 Å². The molecule has 0 saturated carbocycles. The molecule has 0 aliphatic carbocycles. The third-order valence-corrected chi connectivity index (χ3v) is 6.50. The monoisotopic (exact) mass is 604 g/mol. The van der Waals surface area contributed by atoms with Gasteiger partial charge < -0.3 is 15.6 Å². The number of rotatable bonds is 6. The molecule has 5 rings (SSSR count). The molecule has 0 bridgehead atoms. The van der Waals surface area contributed by atoms with E-state index in [0.717, 1.165) is 0 Å². The summed E-state index contributed by atoms with van der Waals surface area (Å²) in [5.74, 6) is -0.455. The average Bonchev–Trinajstić information content (AvgIpc) is 3.38. The fourth-order valence-electron chi connectivity index (χ4n) is 4.71. The highest BCUT2D eigenvalue weighted by Crippen LogP contribution is 2.41. The summed E-state index contributed by atoms with van der Waals surface area (Å²) >= 11 is 0. The number of fused-ring (bicyclic) bond motifs is 2. The van der Waals surface area contributed by atoms with Gasteiger partial charge in [-0.15, -0.1) is 35.0 Å². The Morgan fingerprint density at radius 1 is 1.12 bits per heavy atom. The highest BCUT2D eigenvalue weighted by Gasteiger charge is 2.48. The predicted molar refractivity (Wildman–Crippen MR) is 148 cm³/mol. The van der Waals surface area contributed by atoms with Crippen LogP contribution in [0.25, 0.3) is 28.1 Å². The molecule has 14 heteroatoms. The molecule has 1 saturated heterocycles. The minimum Gasteiger partial charge on any atom is -0.487 e. The van der Waals surface area contributed by atoms with Gasteiger partial charge in [0.25, 0.3) is 0 Å². The van der Waals surface area contributed by atoms with Gasteiger partial charge in [-0.1, -0.05) is 12.1 Å². The molecular weight excluding hydrogens is 575 g/mol. The highest BCUT2D eigenvalue weighted by molar-refractivity contribution is 5.85. The Hall–Kier alpha value is -2.77. The maximum atomic E-state index is 14.5. The number of aliphatic hydroxyl groups is 1. The quantitative estimate of drug-likeness (QED) is 0.295. The fourth-order valence-corrected chi connectivity index (χ4v) is 4.71. The van der Waals surface area contributed by atoms with Crippen LogP contribution in [0.1, 0.15) is 38.8 Å². The molecule has 0 amide bonds. The summed E-state index contributed by atoms with van der Waals surface area (Å²) in [4.78, 5) is 5.90. The molecular formula is C26H30Cl2F4N6O2. The Morgan fingerprint density at radius 3 is 2.48 bits per heavy atom. The van der Waals surface area contributed by atoms with Crippen LogP contribution >= 0.6 is 24.8 Å². The van der Waals surface area contributed by atoms with E-state index in [9.17, 15) is 22.7 Å². The number of alkyl halides is 3. The van der Waals surface area contributed by atoms with Crippen molar-refractivity contribution in [3.63, 3.8) is 0 Å². The number of nitrogens with two attached hydrogens (primary N) is 1. The van der Waals surface area contributed by atoms with Crippen molar-refractivity contribution >= 4 is 41.4 Å². The van der Waals surface area contributed by atoms with Gasteiger partial charge in [-0.2, -0.15) is 13.2 Å². The summed E-state index contributed by atoms with van der Waals surface area (Å²) < 4.78 is 64.1. The average molecular weight is 605 g/mol. The molecule has 4 aromatic rings. The molecule has 0 radical (unpaired) electrons. The SMILES string of the molecule is CC(C)(O)COc1cc2nc(-c3nnc4ccc([C@H](N5CCC(C)(N)C5)C(F)(F)F)cn34)ccc2cc1F.Cl.Cl. The number of aromatic nitrogens is 4. The van der Waals surface area contributed by atoms with Crippen molar-refractivity contribution < 1.29 is 27.4 Å². The molecule has 1 aliphatic heterocycles. The van der Waals surface area contributed by atoms with Crippen LogP contribution in [0.15, 0.2) is 42.6 Å². The van der Waals surface area contributed by atoms with Crippen LogP contribution in [0.2, 0.25) is 0 Å². The van der Waals surface area contributed by atoms with E-state index in [1.165, 1.54) is 53.6 Å². The van der Waals surface area contributed by atoms with Gasteiger partial charge in [0.05, 0.1) is 11.1 Å². The number of halogens is 6. The zero-order chi connectivity index (χ0) is 27.5. The number of nitrogens with zero attached hydrogens (tertiary/aromatic N) is 5. The third kappa shape index (κ3) is 6.58. The molecule has 2 atom stereocenters. The van der Waals surface area contributed by atoms with E-state index < -0.39 is 29.2 Å². The van der Waals surface area contributed by atoms with Crippen LogP contribution in [0.4, 0.5) is 17.6 Å². The van der Waals surface area contributed by atoms with Crippen molar-refractivity contribution in [3.05, 3.63) is 54.0 Å². The van der Waals surface area contributed by atoms with Gasteiger partial charge in [-0.25, -0.2) is 9.37 Å². The second-order valence-corrected chi connectivity index (χ2v) is 10.8. The molecule has 3 aromatic heterocycles. The molecule has 3 N–H and O–H groups in total.